The molecule has 5 N–H and O–H groups in total. The second-order valence-corrected chi connectivity index (χ2v) is 11.4. The normalized spacial score (nSPS) is 12.8. The third-order valence-electron chi connectivity index (χ3n) is 8.42. The fraction of sp³-hybridized carbons (Fsp3) is 0.162. The van der Waals surface area contributed by atoms with Gasteiger partial charge in [-0.05, 0) is 44.5 Å². The highest BCUT2D eigenvalue weighted by Gasteiger charge is 2.30. The van der Waals surface area contributed by atoms with Crippen LogP contribution in [0.5, 0.6) is 11.5 Å². The van der Waals surface area contributed by atoms with Gasteiger partial charge in [-0.1, -0.05) is 48.5 Å². The molecule has 0 spiro atoms. The van der Waals surface area contributed by atoms with Crippen molar-refractivity contribution in [3.63, 3.8) is 0 Å². The Morgan fingerprint density at radius 1 is 0.800 bits per heavy atom. The third-order valence-corrected chi connectivity index (χ3v) is 8.42. The summed E-state index contributed by atoms with van der Waals surface area (Å²) in [6, 6.07) is 25.9. The molecule has 0 fully saturated rings. The lowest BCUT2D eigenvalue weighted by molar-refractivity contribution is -0.568. The van der Waals surface area contributed by atoms with Gasteiger partial charge in [0.15, 0.2) is 23.1 Å². The van der Waals surface area contributed by atoms with E-state index in [1.807, 2.05) is 18.2 Å². The highest BCUT2D eigenvalue weighted by atomic mass is 16.5. The number of benzene rings is 5. The average Bonchev–Trinajstić information content (AvgIpc) is 3.06. The SMILES string of the molecule is CC[NH2+]c1cc2c(cc1C)Nc1c(cc(NCCCNC(=O)c3ccc4c(c3)C(=O)c3ccccc3C4=O)c3ccccc13)O2. The number of ketones is 2. The highest BCUT2D eigenvalue weighted by molar-refractivity contribution is 6.28. The predicted octanol–water partition coefficient (Wildman–Crippen LogP) is 6.22. The van der Waals surface area contributed by atoms with Crippen LogP contribution in [0.15, 0.2) is 84.9 Å². The number of nitrogens with one attached hydrogen (secondary N) is 3. The van der Waals surface area contributed by atoms with Crippen molar-refractivity contribution >= 4 is 51.0 Å². The lowest BCUT2D eigenvalue weighted by Gasteiger charge is -2.25. The highest BCUT2D eigenvalue weighted by Crippen LogP contribution is 2.48. The number of quaternary nitrogens is 1. The number of aryl methyl sites for hydroxylation is 1. The van der Waals surface area contributed by atoms with Gasteiger partial charge >= 0.3 is 0 Å². The molecule has 1 aliphatic carbocycles. The molecule has 8 heteroatoms. The van der Waals surface area contributed by atoms with Crippen molar-refractivity contribution in [2.24, 2.45) is 0 Å². The fourth-order valence-corrected chi connectivity index (χ4v) is 6.14. The molecule has 5 aromatic carbocycles. The van der Waals surface area contributed by atoms with E-state index in [0.717, 1.165) is 45.9 Å². The number of fused-ring (bicyclic) bond motifs is 6. The summed E-state index contributed by atoms with van der Waals surface area (Å²) in [4.78, 5) is 38.9. The first-order valence-corrected chi connectivity index (χ1v) is 15.3. The summed E-state index contributed by atoms with van der Waals surface area (Å²) in [5, 5.41) is 14.4. The van der Waals surface area contributed by atoms with Crippen LogP contribution < -0.4 is 26.0 Å². The second kappa shape index (κ2) is 11.6. The van der Waals surface area contributed by atoms with E-state index in [9.17, 15) is 14.4 Å². The van der Waals surface area contributed by atoms with Crippen molar-refractivity contribution in [3.05, 3.63) is 118 Å². The van der Waals surface area contributed by atoms with Crippen molar-refractivity contribution in [1.29, 1.82) is 0 Å². The Hall–Kier alpha value is -5.47. The minimum atomic E-state index is -0.288. The zero-order chi connectivity index (χ0) is 31.1. The van der Waals surface area contributed by atoms with E-state index in [1.54, 1.807) is 36.4 Å². The number of anilines is 3. The molecule has 7 rings (SSSR count). The van der Waals surface area contributed by atoms with Crippen molar-refractivity contribution in [1.82, 2.24) is 5.32 Å². The first kappa shape index (κ1) is 28.3. The first-order chi connectivity index (χ1) is 21.9. The van der Waals surface area contributed by atoms with Gasteiger partial charge in [0.05, 0.1) is 17.9 Å². The lowest BCUT2D eigenvalue weighted by atomic mass is 9.83. The molecule has 0 atom stereocenters. The van der Waals surface area contributed by atoms with Gasteiger partial charge in [-0.2, -0.15) is 0 Å². The summed E-state index contributed by atoms with van der Waals surface area (Å²) in [6.45, 7) is 6.24. The molecule has 8 nitrogen and oxygen atoms in total. The van der Waals surface area contributed by atoms with Crippen molar-refractivity contribution in [3.8, 4) is 11.5 Å². The van der Waals surface area contributed by atoms with Gasteiger partial charge in [0.2, 0.25) is 0 Å². The van der Waals surface area contributed by atoms with Crippen LogP contribution in [0, 0.1) is 6.92 Å². The Balaban J connectivity index is 1.02. The second-order valence-electron chi connectivity index (χ2n) is 11.4. The number of rotatable bonds is 8. The number of ether oxygens (including phenoxy) is 1. The maximum absolute atomic E-state index is 13.1. The Labute approximate surface area is 260 Å². The Morgan fingerprint density at radius 2 is 1.51 bits per heavy atom. The predicted molar refractivity (Wildman–Crippen MR) is 176 cm³/mol. The quantitative estimate of drug-likeness (QED) is 0.122. The summed E-state index contributed by atoms with van der Waals surface area (Å²) in [7, 11) is 0. The molecule has 0 unspecified atom stereocenters. The number of nitrogens with two attached hydrogens (primary N) is 1. The van der Waals surface area contributed by atoms with Gasteiger partial charge in [-0.25, -0.2) is 0 Å². The largest absolute Gasteiger partial charge is 0.453 e. The number of amides is 1. The van der Waals surface area contributed by atoms with Crippen molar-refractivity contribution < 1.29 is 24.4 Å². The maximum Gasteiger partial charge on any atom is 0.251 e. The molecule has 0 bridgehead atoms. The van der Waals surface area contributed by atoms with Gasteiger partial charge in [0, 0.05) is 75.1 Å². The molecule has 45 heavy (non-hydrogen) atoms. The number of carbonyl (C=O) groups is 3. The molecule has 2 aliphatic rings. The zero-order valence-electron chi connectivity index (χ0n) is 25.1. The van der Waals surface area contributed by atoms with Crippen LogP contribution in [-0.2, 0) is 0 Å². The molecular formula is C37H33N4O4+. The third kappa shape index (κ3) is 5.09. The molecule has 0 radical (unpaired) electrons. The summed E-state index contributed by atoms with van der Waals surface area (Å²) < 4.78 is 6.42. The van der Waals surface area contributed by atoms with E-state index in [4.69, 9.17) is 4.74 Å². The summed E-state index contributed by atoms with van der Waals surface area (Å²) >= 11 is 0. The molecule has 224 valence electrons. The van der Waals surface area contributed by atoms with Crippen LogP contribution in [-0.4, -0.2) is 37.1 Å². The van der Waals surface area contributed by atoms with E-state index in [-0.39, 0.29) is 23.0 Å². The van der Waals surface area contributed by atoms with E-state index in [2.05, 4.69) is 59.4 Å². The van der Waals surface area contributed by atoms with Gasteiger partial charge in [-0.3, -0.25) is 14.4 Å². The Kier molecular flexibility index (Phi) is 7.27. The van der Waals surface area contributed by atoms with Crippen LogP contribution in [0.3, 0.4) is 0 Å². The van der Waals surface area contributed by atoms with Crippen LogP contribution >= 0.6 is 0 Å². The lowest BCUT2D eigenvalue weighted by Crippen LogP contribution is -2.77. The van der Waals surface area contributed by atoms with E-state index < -0.39 is 0 Å². The van der Waals surface area contributed by atoms with Crippen molar-refractivity contribution in [2.75, 3.05) is 30.3 Å². The Bertz CT molecular complexity index is 2030. The average molecular weight is 598 g/mol. The monoisotopic (exact) mass is 597 g/mol. The summed E-state index contributed by atoms with van der Waals surface area (Å²) in [5.74, 6) is 0.826. The molecular weight excluding hydrogens is 564 g/mol. The molecule has 0 aromatic heterocycles. The molecule has 0 saturated carbocycles. The molecule has 5 aromatic rings. The minimum absolute atomic E-state index is 0.201. The van der Waals surface area contributed by atoms with Crippen LogP contribution in [0.25, 0.3) is 10.8 Å². The number of hydrogen-bond acceptors (Lipinski definition) is 6. The van der Waals surface area contributed by atoms with Crippen LogP contribution in [0.1, 0.15) is 61.1 Å². The topological polar surface area (TPSA) is 113 Å². The van der Waals surface area contributed by atoms with Crippen LogP contribution in [0.2, 0.25) is 0 Å². The van der Waals surface area contributed by atoms with E-state index >= 15 is 0 Å². The smallest absolute Gasteiger partial charge is 0.251 e. The first-order valence-electron chi connectivity index (χ1n) is 15.3. The van der Waals surface area contributed by atoms with E-state index in [1.165, 1.54) is 17.3 Å². The fourth-order valence-electron chi connectivity index (χ4n) is 6.14. The standard InChI is InChI=1S/C37H32N4O4/c1-3-38-29-19-32-31(17-21(29)2)41-34-24-10-5-4-9-23(24)30(20-33(34)45-32)39-15-8-16-40-37(44)22-13-14-27-28(18-22)36(43)26-12-7-6-11-25(26)35(27)42/h4-7,9-14,17-20,38-39,41H,3,8,15-16H2,1-2H3,(H,40,44)/p+1. The molecule has 1 heterocycles. The number of hydrogen-bond donors (Lipinski definition) is 4. The van der Waals surface area contributed by atoms with Crippen LogP contribution in [0.4, 0.5) is 22.7 Å². The number of carbonyl (C=O) groups excluding carboxylic acids is 3. The van der Waals surface area contributed by atoms with Gasteiger partial charge in [0.1, 0.15) is 5.69 Å². The maximum atomic E-state index is 13.1. The molecule has 1 aliphatic heterocycles. The van der Waals surface area contributed by atoms with Gasteiger partial charge in [-0.15, -0.1) is 0 Å². The Morgan fingerprint density at radius 3 is 2.29 bits per heavy atom. The summed E-state index contributed by atoms with van der Waals surface area (Å²) in [5.41, 5.74) is 6.92. The summed E-state index contributed by atoms with van der Waals surface area (Å²) in [6.07, 6.45) is 0.671. The van der Waals surface area contributed by atoms with Gasteiger partial charge in [0.25, 0.3) is 5.91 Å². The zero-order valence-corrected chi connectivity index (χ0v) is 25.1. The molecule has 0 saturated heterocycles. The molecule has 1 amide bonds. The van der Waals surface area contributed by atoms with Gasteiger partial charge < -0.3 is 26.0 Å². The van der Waals surface area contributed by atoms with E-state index in [0.29, 0.717) is 41.8 Å². The minimum Gasteiger partial charge on any atom is -0.453 e. The van der Waals surface area contributed by atoms with Crippen molar-refractivity contribution in [2.45, 2.75) is 20.3 Å².